The van der Waals surface area contributed by atoms with Crippen LogP contribution in [-0.2, 0) is 0 Å². The van der Waals surface area contributed by atoms with Crippen molar-refractivity contribution in [3.63, 3.8) is 0 Å². The number of piperazine rings is 1. The van der Waals surface area contributed by atoms with E-state index in [0.717, 1.165) is 32.0 Å². The van der Waals surface area contributed by atoms with Crippen LogP contribution in [0.4, 0.5) is 5.82 Å². The average molecular weight is 265 g/mol. The van der Waals surface area contributed by atoms with Crippen molar-refractivity contribution >= 4 is 23.0 Å². The first-order chi connectivity index (χ1) is 8.70. The summed E-state index contributed by atoms with van der Waals surface area (Å²) in [6.45, 7) is 7.58. The van der Waals surface area contributed by atoms with Crippen LogP contribution in [-0.4, -0.2) is 52.6 Å². The Morgan fingerprint density at radius 2 is 2.00 bits per heavy atom. The van der Waals surface area contributed by atoms with E-state index in [9.17, 15) is 0 Å². The molecule has 0 amide bonds. The Morgan fingerprint density at radius 1 is 1.28 bits per heavy atom. The summed E-state index contributed by atoms with van der Waals surface area (Å²) in [7, 11) is 0. The number of aromatic nitrogens is 2. The summed E-state index contributed by atoms with van der Waals surface area (Å²) in [5, 5.41) is 0. The molecular weight excluding hydrogens is 246 g/mol. The Kier molecular flexibility index (Phi) is 4.43. The molecule has 1 saturated heterocycles. The lowest BCUT2D eigenvalue weighted by atomic mass is 10.3. The predicted octanol–water partition coefficient (Wildman–Crippen LogP) is 0.643. The minimum Gasteiger partial charge on any atom is -0.388 e. The summed E-state index contributed by atoms with van der Waals surface area (Å²) >= 11 is 4.86. The van der Waals surface area contributed by atoms with Gasteiger partial charge in [0.25, 0.3) is 0 Å². The third-order valence-electron chi connectivity index (χ3n) is 3.13. The van der Waals surface area contributed by atoms with Gasteiger partial charge in [-0.25, -0.2) is 9.97 Å². The lowest BCUT2D eigenvalue weighted by Crippen LogP contribution is -2.46. The molecule has 2 N–H and O–H groups in total. The van der Waals surface area contributed by atoms with Crippen LogP contribution in [0.15, 0.2) is 12.4 Å². The quantitative estimate of drug-likeness (QED) is 0.806. The average Bonchev–Trinajstić information content (AvgIpc) is 2.40. The minimum atomic E-state index is 0.293. The van der Waals surface area contributed by atoms with Gasteiger partial charge in [0, 0.05) is 26.2 Å². The van der Waals surface area contributed by atoms with Gasteiger partial charge in [-0.1, -0.05) is 19.1 Å². The lowest BCUT2D eigenvalue weighted by Gasteiger charge is -2.35. The third-order valence-corrected chi connectivity index (χ3v) is 3.34. The van der Waals surface area contributed by atoms with E-state index in [-0.39, 0.29) is 0 Å². The van der Waals surface area contributed by atoms with Crippen LogP contribution in [0.25, 0.3) is 0 Å². The molecule has 0 atom stereocenters. The summed E-state index contributed by atoms with van der Waals surface area (Å²) in [5.74, 6) is 0.908. The number of thiocarbonyl (C=S) groups is 1. The number of nitrogens with zero attached hydrogens (tertiary/aromatic N) is 4. The predicted molar refractivity (Wildman–Crippen MR) is 76.9 cm³/mol. The molecule has 0 saturated carbocycles. The Hall–Kier alpha value is -1.27. The second kappa shape index (κ2) is 6.06. The topological polar surface area (TPSA) is 58.3 Å². The van der Waals surface area contributed by atoms with Gasteiger partial charge in [-0.2, -0.15) is 0 Å². The minimum absolute atomic E-state index is 0.293. The Balaban J connectivity index is 1.95. The van der Waals surface area contributed by atoms with E-state index in [1.807, 2.05) is 0 Å². The molecule has 1 aromatic heterocycles. The highest BCUT2D eigenvalue weighted by Crippen LogP contribution is 2.12. The van der Waals surface area contributed by atoms with E-state index in [0.29, 0.717) is 10.7 Å². The van der Waals surface area contributed by atoms with Crippen molar-refractivity contribution in [2.75, 3.05) is 37.6 Å². The second-order valence-electron chi connectivity index (χ2n) is 4.45. The molecule has 1 aliphatic rings. The van der Waals surface area contributed by atoms with E-state index in [2.05, 4.69) is 26.7 Å². The van der Waals surface area contributed by atoms with Gasteiger partial charge in [-0.05, 0) is 13.0 Å². The SMILES string of the molecule is CCCN1CCN(c2cnc(C(N)=S)cn2)CC1. The fraction of sp³-hybridized carbons (Fsp3) is 0.583. The molecule has 18 heavy (non-hydrogen) atoms. The first-order valence-corrected chi connectivity index (χ1v) is 6.70. The molecule has 0 aliphatic carbocycles. The zero-order valence-corrected chi connectivity index (χ0v) is 11.5. The van der Waals surface area contributed by atoms with Crippen LogP contribution in [0.1, 0.15) is 19.0 Å². The van der Waals surface area contributed by atoms with Crippen molar-refractivity contribution in [1.82, 2.24) is 14.9 Å². The van der Waals surface area contributed by atoms with E-state index in [1.54, 1.807) is 12.4 Å². The Labute approximate surface area is 113 Å². The van der Waals surface area contributed by atoms with E-state index < -0.39 is 0 Å². The number of hydrogen-bond acceptors (Lipinski definition) is 5. The zero-order chi connectivity index (χ0) is 13.0. The van der Waals surface area contributed by atoms with Crippen LogP contribution >= 0.6 is 12.2 Å². The van der Waals surface area contributed by atoms with Gasteiger partial charge in [0.05, 0.1) is 12.4 Å². The van der Waals surface area contributed by atoms with Gasteiger partial charge in [0.15, 0.2) is 0 Å². The summed E-state index contributed by atoms with van der Waals surface area (Å²) in [6.07, 6.45) is 4.61. The number of anilines is 1. The van der Waals surface area contributed by atoms with E-state index in [1.165, 1.54) is 13.0 Å². The summed E-state index contributed by atoms with van der Waals surface area (Å²) < 4.78 is 0. The smallest absolute Gasteiger partial charge is 0.147 e. The standard InChI is InChI=1S/C12H19N5S/c1-2-3-16-4-6-17(7-5-16)11-9-14-10(8-15-11)12(13)18/h8-9H,2-7H2,1H3,(H2,13,18). The van der Waals surface area contributed by atoms with Gasteiger partial charge in [-0.3, -0.25) is 4.90 Å². The fourth-order valence-electron chi connectivity index (χ4n) is 2.13. The van der Waals surface area contributed by atoms with Crippen molar-refractivity contribution < 1.29 is 0 Å². The zero-order valence-electron chi connectivity index (χ0n) is 10.7. The number of hydrogen-bond donors (Lipinski definition) is 1. The van der Waals surface area contributed by atoms with E-state index >= 15 is 0 Å². The van der Waals surface area contributed by atoms with Gasteiger partial charge < -0.3 is 10.6 Å². The maximum absolute atomic E-state index is 5.50. The summed E-state index contributed by atoms with van der Waals surface area (Å²) in [5.41, 5.74) is 6.08. The number of nitrogens with two attached hydrogens (primary N) is 1. The molecule has 6 heteroatoms. The Morgan fingerprint density at radius 3 is 2.50 bits per heavy atom. The third kappa shape index (κ3) is 3.14. The molecule has 0 bridgehead atoms. The summed E-state index contributed by atoms with van der Waals surface area (Å²) in [6, 6.07) is 0. The first kappa shape index (κ1) is 13.2. The highest BCUT2D eigenvalue weighted by Gasteiger charge is 2.17. The van der Waals surface area contributed by atoms with Crippen molar-refractivity contribution in [3.05, 3.63) is 18.1 Å². The molecule has 2 heterocycles. The molecule has 1 aromatic rings. The largest absolute Gasteiger partial charge is 0.388 e. The summed E-state index contributed by atoms with van der Waals surface area (Å²) in [4.78, 5) is 13.6. The van der Waals surface area contributed by atoms with Crippen LogP contribution < -0.4 is 10.6 Å². The molecule has 0 radical (unpaired) electrons. The Bertz CT molecular complexity index is 397. The fourth-order valence-corrected chi connectivity index (χ4v) is 2.23. The highest BCUT2D eigenvalue weighted by molar-refractivity contribution is 7.80. The van der Waals surface area contributed by atoms with Crippen LogP contribution in [0.3, 0.4) is 0 Å². The number of rotatable bonds is 4. The second-order valence-corrected chi connectivity index (χ2v) is 4.89. The van der Waals surface area contributed by atoms with Gasteiger partial charge >= 0.3 is 0 Å². The van der Waals surface area contributed by atoms with Crippen molar-refractivity contribution in [1.29, 1.82) is 0 Å². The molecule has 0 aromatic carbocycles. The maximum atomic E-state index is 5.50. The van der Waals surface area contributed by atoms with Gasteiger partial charge in [0.2, 0.25) is 0 Å². The van der Waals surface area contributed by atoms with Crippen molar-refractivity contribution in [3.8, 4) is 0 Å². The molecule has 1 aliphatic heterocycles. The molecule has 0 spiro atoms. The molecule has 2 rings (SSSR count). The normalized spacial score (nSPS) is 16.8. The van der Waals surface area contributed by atoms with Crippen LogP contribution in [0.2, 0.25) is 0 Å². The molecule has 98 valence electrons. The highest BCUT2D eigenvalue weighted by atomic mass is 32.1. The van der Waals surface area contributed by atoms with Crippen LogP contribution in [0, 0.1) is 0 Å². The van der Waals surface area contributed by atoms with Gasteiger partial charge in [0.1, 0.15) is 16.5 Å². The maximum Gasteiger partial charge on any atom is 0.147 e. The van der Waals surface area contributed by atoms with Gasteiger partial charge in [-0.15, -0.1) is 0 Å². The van der Waals surface area contributed by atoms with Crippen LogP contribution in [0.5, 0.6) is 0 Å². The molecular formula is C12H19N5S. The molecule has 0 unspecified atom stereocenters. The van der Waals surface area contributed by atoms with Crippen molar-refractivity contribution in [2.45, 2.75) is 13.3 Å². The van der Waals surface area contributed by atoms with E-state index in [4.69, 9.17) is 18.0 Å². The first-order valence-electron chi connectivity index (χ1n) is 6.30. The monoisotopic (exact) mass is 265 g/mol. The molecule has 1 fully saturated rings. The lowest BCUT2D eigenvalue weighted by molar-refractivity contribution is 0.258. The van der Waals surface area contributed by atoms with Crippen molar-refractivity contribution in [2.24, 2.45) is 5.73 Å². The molecule has 5 nitrogen and oxygen atoms in total.